The van der Waals surface area contributed by atoms with Crippen LogP contribution >= 0.6 is 11.8 Å². The van der Waals surface area contributed by atoms with Crippen LogP contribution in [0.4, 0.5) is 0 Å². The summed E-state index contributed by atoms with van der Waals surface area (Å²) in [7, 11) is 1.37. The fraction of sp³-hybridized carbons (Fsp3) is 0.200. The van der Waals surface area contributed by atoms with Crippen molar-refractivity contribution in [3.63, 3.8) is 0 Å². The average Bonchev–Trinajstić information content (AvgIpc) is 3.16. The van der Waals surface area contributed by atoms with E-state index in [1.54, 1.807) is 16.7 Å². The van der Waals surface area contributed by atoms with Crippen molar-refractivity contribution >= 4 is 34.4 Å². The van der Waals surface area contributed by atoms with E-state index in [9.17, 15) is 9.59 Å². The number of methoxy groups -OCH3 is 1. The molecule has 2 aromatic carbocycles. The quantitative estimate of drug-likeness (QED) is 0.382. The maximum atomic E-state index is 12.7. The van der Waals surface area contributed by atoms with Gasteiger partial charge in [-0.1, -0.05) is 24.3 Å². The number of fused-ring (bicyclic) bond motifs is 3. The standard InChI is InChI=1S/C20H18N4O3S/c1-3-23-18(25)13-8-4-6-10-15(13)24-17(21-22-20(23)24)12-28-16-11-7-5-9-14(16)19(26)27-2/h4-11H,3,12H2,1-2H3. The van der Waals surface area contributed by atoms with E-state index in [1.807, 2.05) is 47.7 Å². The monoisotopic (exact) mass is 394 g/mol. The Labute approximate surface area is 165 Å². The third-order valence-electron chi connectivity index (χ3n) is 4.54. The molecule has 0 spiro atoms. The summed E-state index contributed by atoms with van der Waals surface area (Å²) in [5.74, 6) is 1.33. The van der Waals surface area contributed by atoms with E-state index in [0.717, 1.165) is 10.4 Å². The lowest BCUT2D eigenvalue weighted by Gasteiger charge is -2.10. The number of rotatable bonds is 5. The fourth-order valence-electron chi connectivity index (χ4n) is 3.21. The lowest BCUT2D eigenvalue weighted by atomic mass is 10.2. The van der Waals surface area contributed by atoms with Gasteiger partial charge in [0.2, 0.25) is 5.78 Å². The number of carbonyl (C=O) groups is 1. The van der Waals surface area contributed by atoms with Crippen LogP contribution in [0.25, 0.3) is 16.7 Å². The number of carbonyl (C=O) groups excluding carboxylic acids is 1. The van der Waals surface area contributed by atoms with Gasteiger partial charge in [-0.2, -0.15) is 0 Å². The molecule has 4 aromatic rings. The maximum Gasteiger partial charge on any atom is 0.338 e. The molecule has 0 unspecified atom stereocenters. The normalized spacial score (nSPS) is 11.2. The van der Waals surface area contributed by atoms with E-state index in [2.05, 4.69) is 10.2 Å². The highest BCUT2D eigenvalue weighted by Crippen LogP contribution is 2.27. The highest BCUT2D eigenvalue weighted by Gasteiger charge is 2.17. The van der Waals surface area contributed by atoms with Gasteiger partial charge in [-0.15, -0.1) is 22.0 Å². The van der Waals surface area contributed by atoms with Crippen LogP contribution in [0.1, 0.15) is 23.1 Å². The second-order valence-electron chi connectivity index (χ2n) is 6.09. The molecule has 0 bridgehead atoms. The van der Waals surface area contributed by atoms with E-state index < -0.39 is 0 Å². The molecule has 28 heavy (non-hydrogen) atoms. The number of benzene rings is 2. The highest BCUT2D eigenvalue weighted by molar-refractivity contribution is 7.98. The summed E-state index contributed by atoms with van der Waals surface area (Å²) in [6.07, 6.45) is 0. The van der Waals surface area contributed by atoms with Gasteiger partial charge < -0.3 is 4.74 Å². The zero-order valence-electron chi connectivity index (χ0n) is 15.5. The number of hydrogen-bond donors (Lipinski definition) is 0. The van der Waals surface area contributed by atoms with Crippen molar-refractivity contribution in [2.45, 2.75) is 24.1 Å². The molecule has 0 aliphatic heterocycles. The first-order valence-electron chi connectivity index (χ1n) is 8.81. The van der Waals surface area contributed by atoms with Gasteiger partial charge in [0.15, 0.2) is 0 Å². The summed E-state index contributed by atoms with van der Waals surface area (Å²) in [5, 5.41) is 9.20. The summed E-state index contributed by atoms with van der Waals surface area (Å²) in [5.41, 5.74) is 1.21. The maximum absolute atomic E-state index is 12.7. The number of thioether (sulfide) groups is 1. The minimum Gasteiger partial charge on any atom is -0.465 e. The number of nitrogens with zero attached hydrogens (tertiary/aromatic N) is 4. The Bertz CT molecular complexity index is 1250. The van der Waals surface area contributed by atoms with Gasteiger partial charge in [-0.05, 0) is 31.2 Å². The third-order valence-corrected chi connectivity index (χ3v) is 5.61. The Morgan fingerprint density at radius 2 is 1.86 bits per heavy atom. The topological polar surface area (TPSA) is 78.5 Å². The Kier molecular flexibility index (Phi) is 4.87. The Morgan fingerprint density at radius 1 is 1.11 bits per heavy atom. The second kappa shape index (κ2) is 7.47. The molecule has 142 valence electrons. The summed E-state index contributed by atoms with van der Waals surface area (Å²) in [4.78, 5) is 25.5. The fourth-order valence-corrected chi connectivity index (χ4v) is 4.16. The van der Waals surface area contributed by atoms with Gasteiger partial charge in [0, 0.05) is 11.4 Å². The molecule has 2 aromatic heterocycles. The lowest BCUT2D eigenvalue weighted by molar-refractivity contribution is 0.0597. The number of para-hydroxylation sites is 1. The molecule has 0 amide bonds. The largest absolute Gasteiger partial charge is 0.465 e. The van der Waals surface area contributed by atoms with Crippen molar-refractivity contribution in [1.82, 2.24) is 19.2 Å². The minimum absolute atomic E-state index is 0.0757. The number of ether oxygens (including phenoxy) is 1. The van der Waals surface area contributed by atoms with Crippen molar-refractivity contribution in [3.8, 4) is 0 Å². The van der Waals surface area contributed by atoms with Crippen LogP contribution in [0.5, 0.6) is 0 Å². The molecular weight excluding hydrogens is 376 g/mol. The first-order chi connectivity index (χ1) is 13.7. The smallest absolute Gasteiger partial charge is 0.338 e. The number of aryl methyl sites for hydroxylation is 1. The Morgan fingerprint density at radius 3 is 2.64 bits per heavy atom. The molecule has 0 saturated carbocycles. The molecular formula is C20H18N4O3S. The van der Waals surface area contributed by atoms with E-state index in [-0.39, 0.29) is 11.5 Å². The Balaban J connectivity index is 1.81. The van der Waals surface area contributed by atoms with Crippen LogP contribution in [0.3, 0.4) is 0 Å². The summed E-state index contributed by atoms with van der Waals surface area (Å²) < 4.78 is 8.39. The molecule has 8 heteroatoms. The van der Waals surface area contributed by atoms with Crippen LogP contribution < -0.4 is 5.56 Å². The SMILES string of the molecule is CCn1c(=O)c2ccccc2n2c(CSc3ccccc3C(=O)OC)nnc12. The van der Waals surface area contributed by atoms with Gasteiger partial charge in [0.1, 0.15) is 5.82 Å². The molecule has 4 rings (SSSR count). The Hall–Kier alpha value is -3.13. The number of aromatic nitrogens is 4. The molecule has 0 N–H and O–H groups in total. The van der Waals surface area contributed by atoms with Crippen LogP contribution in [-0.4, -0.2) is 32.2 Å². The number of hydrogen-bond acceptors (Lipinski definition) is 6. The molecule has 0 saturated heterocycles. The van der Waals surface area contributed by atoms with E-state index in [4.69, 9.17) is 4.74 Å². The highest BCUT2D eigenvalue weighted by atomic mass is 32.2. The molecule has 0 fully saturated rings. The van der Waals surface area contributed by atoms with Gasteiger partial charge in [0.05, 0.1) is 29.3 Å². The molecule has 0 aliphatic carbocycles. The van der Waals surface area contributed by atoms with Crippen LogP contribution in [0.15, 0.2) is 58.2 Å². The average molecular weight is 394 g/mol. The molecule has 7 nitrogen and oxygen atoms in total. The van der Waals surface area contributed by atoms with Crippen LogP contribution in [-0.2, 0) is 17.0 Å². The molecule has 0 atom stereocenters. The zero-order chi connectivity index (χ0) is 19.7. The van der Waals surface area contributed by atoms with Gasteiger partial charge >= 0.3 is 5.97 Å². The minimum atomic E-state index is -0.375. The lowest BCUT2D eigenvalue weighted by Crippen LogP contribution is -2.22. The first kappa shape index (κ1) is 18.2. The molecule has 2 heterocycles. The predicted molar refractivity (Wildman–Crippen MR) is 108 cm³/mol. The zero-order valence-corrected chi connectivity index (χ0v) is 16.3. The van der Waals surface area contributed by atoms with E-state index >= 15 is 0 Å². The predicted octanol–water partition coefficient (Wildman–Crippen LogP) is 3.14. The summed E-state index contributed by atoms with van der Waals surface area (Å²) >= 11 is 1.48. The van der Waals surface area contributed by atoms with E-state index in [0.29, 0.717) is 34.8 Å². The summed E-state index contributed by atoms with van der Waals surface area (Å²) in [6, 6.07) is 14.7. The molecule has 0 aliphatic rings. The van der Waals surface area contributed by atoms with Crippen molar-refractivity contribution in [2.24, 2.45) is 0 Å². The van der Waals surface area contributed by atoms with Crippen molar-refractivity contribution < 1.29 is 9.53 Å². The van der Waals surface area contributed by atoms with Crippen LogP contribution in [0.2, 0.25) is 0 Å². The van der Waals surface area contributed by atoms with Gasteiger partial charge in [-0.25, -0.2) is 4.79 Å². The summed E-state index contributed by atoms with van der Waals surface area (Å²) in [6.45, 7) is 2.41. The van der Waals surface area contributed by atoms with Crippen molar-refractivity contribution in [2.75, 3.05) is 7.11 Å². The second-order valence-corrected chi connectivity index (χ2v) is 7.11. The van der Waals surface area contributed by atoms with Gasteiger partial charge in [0.25, 0.3) is 5.56 Å². The third kappa shape index (κ3) is 2.95. The van der Waals surface area contributed by atoms with Crippen molar-refractivity contribution in [3.05, 3.63) is 70.3 Å². The first-order valence-corrected chi connectivity index (χ1v) is 9.80. The van der Waals surface area contributed by atoms with Gasteiger partial charge in [-0.3, -0.25) is 13.8 Å². The van der Waals surface area contributed by atoms with Crippen LogP contribution in [0, 0.1) is 0 Å². The number of esters is 1. The molecule has 0 radical (unpaired) electrons. The van der Waals surface area contributed by atoms with Crippen molar-refractivity contribution in [1.29, 1.82) is 0 Å². The van der Waals surface area contributed by atoms with E-state index in [1.165, 1.54) is 18.9 Å².